The third-order valence-corrected chi connectivity index (χ3v) is 4.40. The lowest BCUT2D eigenvalue weighted by Gasteiger charge is -2.43. The molecule has 3 fully saturated rings. The highest BCUT2D eigenvalue weighted by molar-refractivity contribution is 6.35. The van der Waals surface area contributed by atoms with Crippen molar-refractivity contribution >= 4 is 11.8 Å². The summed E-state index contributed by atoms with van der Waals surface area (Å²) in [5.41, 5.74) is 0. The van der Waals surface area contributed by atoms with Gasteiger partial charge in [0.15, 0.2) is 0 Å². The molecule has 3 rings (SSSR count). The maximum absolute atomic E-state index is 12.1. The van der Waals surface area contributed by atoms with Crippen molar-refractivity contribution < 1.29 is 9.59 Å². The second-order valence-corrected chi connectivity index (χ2v) is 5.66. The minimum absolute atomic E-state index is 0.164. The molecule has 19 heavy (non-hydrogen) atoms. The van der Waals surface area contributed by atoms with Crippen molar-refractivity contribution in [3.05, 3.63) is 0 Å². The Labute approximate surface area is 113 Å². The van der Waals surface area contributed by atoms with Crippen LogP contribution in [0.3, 0.4) is 0 Å². The average molecular weight is 266 g/mol. The van der Waals surface area contributed by atoms with E-state index in [1.54, 1.807) is 9.80 Å². The number of likely N-dealkylation sites (tertiary alicyclic amines) is 1. The summed E-state index contributed by atoms with van der Waals surface area (Å²) in [6.45, 7) is 6.80. The minimum Gasteiger partial charge on any atom is -0.331 e. The first kappa shape index (κ1) is 12.9. The summed E-state index contributed by atoms with van der Waals surface area (Å²) in [7, 11) is 0. The molecule has 1 N–H and O–H groups in total. The molecule has 0 bridgehead atoms. The van der Waals surface area contributed by atoms with Gasteiger partial charge in [0.05, 0.1) is 6.04 Å². The lowest BCUT2D eigenvalue weighted by atomic mass is 10.1. The Morgan fingerprint density at radius 1 is 1.05 bits per heavy atom. The summed E-state index contributed by atoms with van der Waals surface area (Å²) < 4.78 is 0. The third-order valence-electron chi connectivity index (χ3n) is 4.40. The van der Waals surface area contributed by atoms with Crippen LogP contribution >= 0.6 is 0 Å². The number of fused-ring (bicyclic) bond motifs is 1. The average Bonchev–Trinajstić information content (AvgIpc) is 2.94. The van der Waals surface area contributed by atoms with Crippen LogP contribution < -0.4 is 5.32 Å². The van der Waals surface area contributed by atoms with Crippen LogP contribution in [0.25, 0.3) is 0 Å². The first-order valence-electron chi connectivity index (χ1n) is 7.28. The van der Waals surface area contributed by atoms with E-state index in [0.717, 1.165) is 32.7 Å². The molecule has 0 aromatic heterocycles. The van der Waals surface area contributed by atoms with E-state index in [1.165, 1.54) is 12.8 Å². The Bertz CT molecular complexity index is 368. The van der Waals surface area contributed by atoms with Crippen LogP contribution in [-0.4, -0.2) is 84.9 Å². The monoisotopic (exact) mass is 266 g/mol. The third kappa shape index (κ3) is 2.60. The molecule has 3 aliphatic heterocycles. The van der Waals surface area contributed by atoms with Crippen molar-refractivity contribution in [2.75, 3.05) is 52.4 Å². The van der Waals surface area contributed by atoms with Gasteiger partial charge in [-0.25, -0.2) is 0 Å². The first-order chi connectivity index (χ1) is 9.25. The van der Waals surface area contributed by atoms with Crippen molar-refractivity contribution in [1.82, 2.24) is 20.0 Å². The normalized spacial score (nSPS) is 28.9. The van der Waals surface area contributed by atoms with E-state index >= 15 is 0 Å². The molecular weight excluding hydrogens is 244 g/mol. The number of amides is 2. The predicted octanol–water partition coefficient (Wildman–Crippen LogP) is -1.28. The summed E-state index contributed by atoms with van der Waals surface area (Å²) in [5, 5.41) is 3.29. The molecule has 0 aromatic rings. The van der Waals surface area contributed by atoms with Crippen LogP contribution in [0.2, 0.25) is 0 Å². The number of hydrogen-bond acceptors (Lipinski definition) is 4. The van der Waals surface area contributed by atoms with E-state index in [4.69, 9.17) is 0 Å². The van der Waals surface area contributed by atoms with Gasteiger partial charge in [0.2, 0.25) is 0 Å². The van der Waals surface area contributed by atoms with E-state index in [9.17, 15) is 9.59 Å². The highest BCUT2D eigenvalue weighted by Crippen LogP contribution is 2.14. The number of nitrogens with zero attached hydrogens (tertiary/aromatic N) is 3. The molecule has 106 valence electrons. The van der Waals surface area contributed by atoms with Crippen LogP contribution in [0.4, 0.5) is 0 Å². The van der Waals surface area contributed by atoms with Crippen LogP contribution in [0.15, 0.2) is 0 Å². The number of piperazine rings is 2. The molecule has 1 unspecified atom stereocenters. The van der Waals surface area contributed by atoms with Gasteiger partial charge in [0, 0.05) is 39.3 Å². The topological polar surface area (TPSA) is 55.9 Å². The fraction of sp³-hybridized carbons (Fsp3) is 0.846. The minimum atomic E-state index is -0.308. The molecule has 0 aromatic carbocycles. The molecule has 6 heteroatoms. The van der Waals surface area contributed by atoms with Crippen LogP contribution in [0, 0.1) is 0 Å². The number of rotatable bonds is 3. The lowest BCUT2D eigenvalue weighted by molar-refractivity contribution is -0.159. The van der Waals surface area contributed by atoms with Gasteiger partial charge >= 0.3 is 11.8 Å². The molecule has 2 amide bonds. The second kappa shape index (κ2) is 5.46. The summed E-state index contributed by atoms with van der Waals surface area (Å²) >= 11 is 0. The number of carbonyl (C=O) groups excluding carboxylic acids is 2. The maximum Gasteiger partial charge on any atom is 0.312 e. The Morgan fingerprint density at radius 3 is 2.63 bits per heavy atom. The van der Waals surface area contributed by atoms with Gasteiger partial charge in [-0.15, -0.1) is 0 Å². The predicted molar refractivity (Wildman–Crippen MR) is 70.6 cm³/mol. The van der Waals surface area contributed by atoms with Crippen molar-refractivity contribution in [2.45, 2.75) is 18.9 Å². The van der Waals surface area contributed by atoms with E-state index in [0.29, 0.717) is 19.6 Å². The molecule has 0 radical (unpaired) electrons. The highest BCUT2D eigenvalue weighted by atomic mass is 16.2. The van der Waals surface area contributed by atoms with E-state index in [-0.39, 0.29) is 17.9 Å². The second-order valence-electron chi connectivity index (χ2n) is 5.66. The Morgan fingerprint density at radius 2 is 1.84 bits per heavy atom. The van der Waals surface area contributed by atoms with Gasteiger partial charge in [-0.3, -0.25) is 9.59 Å². The Balaban J connectivity index is 1.58. The Kier molecular flexibility index (Phi) is 3.70. The SMILES string of the molecule is O=C1C(=O)N2CCNCC2CN1CCN1CCCC1. The van der Waals surface area contributed by atoms with Crippen molar-refractivity contribution in [2.24, 2.45) is 0 Å². The van der Waals surface area contributed by atoms with Gasteiger partial charge in [0.25, 0.3) is 0 Å². The lowest BCUT2D eigenvalue weighted by Crippen LogP contribution is -2.66. The van der Waals surface area contributed by atoms with Gasteiger partial charge < -0.3 is 20.0 Å². The first-order valence-corrected chi connectivity index (χ1v) is 7.28. The summed E-state index contributed by atoms with van der Waals surface area (Å²) in [4.78, 5) is 30.0. The molecule has 3 aliphatic rings. The zero-order chi connectivity index (χ0) is 13.2. The standard InChI is InChI=1S/C13H22N4O2/c18-12-13(19)17-6-3-14-9-11(17)10-16(12)8-7-15-4-1-2-5-15/h11,14H,1-10H2. The fourth-order valence-corrected chi connectivity index (χ4v) is 3.25. The molecule has 0 saturated carbocycles. The van der Waals surface area contributed by atoms with Crippen LogP contribution in [-0.2, 0) is 9.59 Å². The van der Waals surface area contributed by atoms with E-state index in [2.05, 4.69) is 10.2 Å². The fourth-order valence-electron chi connectivity index (χ4n) is 3.25. The number of nitrogens with one attached hydrogen (secondary N) is 1. The maximum atomic E-state index is 12.1. The zero-order valence-electron chi connectivity index (χ0n) is 11.3. The Hall–Kier alpha value is -1.14. The molecular formula is C13H22N4O2. The molecule has 3 saturated heterocycles. The quantitative estimate of drug-likeness (QED) is 0.647. The van der Waals surface area contributed by atoms with Crippen molar-refractivity contribution in [3.63, 3.8) is 0 Å². The van der Waals surface area contributed by atoms with Crippen LogP contribution in [0.5, 0.6) is 0 Å². The number of hydrogen-bond donors (Lipinski definition) is 1. The summed E-state index contributed by atoms with van der Waals surface area (Å²) in [6.07, 6.45) is 2.51. The van der Waals surface area contributed by atoms with Crippen molar-refractivity contribution in [3.8, 4) is 0 Å². The van der Waals surface area contributed by atoms with E-state index < -0.39 is 0 Å². The van der Waals surface area contributed by atoms with Crippen LogP contribution in [0.1, 0.15) is 12.8 Å². The zero-order valence-corrected chi connectivity index (χ0v) is 11.3. The molecule has 0 spiro atoms. The number of carbonyl (C=O) groups is 2. The largest absolute Gasteiger partial charge is 0.331 e. The van der Waals surface area contributed by atoms with Gasteiger partial charge in [0.1, 0.15) is 0 Å². The summed E-state index contributed by atoms with van der Waals surface area (Å²) in [5.74, 6) is -0.614. The molecule has 0 aliphatic carbocycles. The smallest absolute Gasteiger partial charge is 0.312 e. The molecule has 3 heterocycles. The highest BCUT2D eigenvalue weighted by Gasteiger charge is 2.39. The van der Waals surface area contributed by atoms with Gasteiger partial charge in [-0.1, -0.05) is 0 Å². The van der Waals surface area contributed by atoms with Gasteiger partial charge in [-0.05, 0) is 25.9 Å². The van der Waals surface area contributed by atoms with Gasteiger partial charge in [-0.2, -0.15) is 0 Å². The molecule has 1 atom stereocenters. The summed E-state index contributed by atoms with van der Waals surface area (Å²) in [6, 6.07) is 0.164. The molecule has 6 nitrogen and oxygen atoms in total. The van der Waals surface area contributed by atoms with E-state index in [1.807, 2.05) is 0 Å². The van der Waals surface area contributed by atoms with Crippen molar-refractivity contribution in [1.29, 1.82) is 0 Å².